The number of carbonyl (C=O) groups excluding carboxylic acids is 1. The number of amides is 1. The zero-order chi connectivity index (χ0) is 24.3. The van der Waals surface area contributed by atoms with E-state index in [2.05, 4.69) is 54.3 Å². The van der Waals surface area contributed by atoms with Gasteiger partial charge >= 0.3 is 0 Å². The van der Waals surface area contributed by atoms with E-state index in [0.717, 1.165) is 91.3 Å². The predicted octanol–water partition coefficient (Wildman–Crippen LogP) is 4.54. The molecule has 0 spiro atoms. The third-order valence-electron chi connectivity index (χ3n) is 7.22. The Labute approximate surface area is 210 Å². The van der Waals surface area contributed by atoms with Gasteiger partial charge in [-0.1, -0.05) is 31.0 Å². The number of nitrogens with one attached hydrogen (secondary N) is 1. The fourth-order valence-corrected chi connectivity index (χ4v) is 5.13. The molecule has 1 amide bonds. The van der Waals surface area contributed by atoms with Crippen molar-refractivity contribution in [2.75, 3.05) is 41.3 Å². The second-order valence-electron chi connectivity index (χ2n) is 9.52. The largest absolute Gasteiger partial charge is 0.352 e. The third kappa shape index (κ3) is 4.71. The summed E-state index contributed by atoms with van der Waals surface area (Å²) in [4.78, 5) is 35.1. The predicted molar refractivity (Wildman–Crippen MR) is 142 cm³/mol. The van der Waals surface area contributed by atoms with Crippen molar-refractivity contribution in [2.24, 2.45) is 5.92 Å². The van der Waals surface area contributed by atoms with Gasteiger partial charge in [-0.05, 0) is 48.2 Å². The fraction of sp³-hybridized carbons (Fsp3) is 0.321. The minimum absolute atomic E-state index is 0.145. The fourth-order valence-electron chi connectivity index (χ4n) is 5.13. The average molecular weight is 480 g/mol. The summed E-state index contributed by atoms with van der Waals surface area (Å²) in [7, 11) is 0. The number of aromatic nitrogens is 4. The second kappa shape index (κ2) is 9.89. The summed E-state index contributed by atoms with van der Waals surface area (Å²) in [5.41, 5.74) is 4.76. The molecule has 0 unspecified atom stereocenters. The molecule has 1 aliphatic heterocycles. The van der Waals surface area contributed by atoms with E-state index >= 15 is 0 Å². The van der Waals surface area contributed by atoms with Gasteiger partial charge in [0, 0.05) is 50.2 Å². The van der Waals surface area contributed by atoms with E-state index in [-0.39, 0.29) is 11.8 Å². The highest BCUT2D eigenvalue weighted by atomic mass is 16.1. The molecule has 6 rings (SSSR count). The Bertz CT molecular complexity index is 1350. The smallest absolute Gasteiger partial charge is 0.227 e. The lowest BCUT2D eigenvalue weighted by molar-refractivity contribution is -0.119. The van der Waals surface area contributed by atoms with Crippen LogP contribution in [0.15, 0.2) is 67.3 Å². The second-order valence-corrected chi connectivity index (χ2v) is 9.52. The number of benzene rings is 2. The van der Waals surface area contributed by atoms with Gasteiger partial charge in [0.05, 0.1) is 23.4 Å². The maximum Gasteiger partial charge on any atom is 0.227 e. The van der Waals surface area contributed by atoms with Gasteiger partial charge in [-0.25, -0.2) is 9.97 Å². The SMILES string of the molecule is O=C(Nc1ccc(-c2ccc3ncc(N4CCN(c5cnccn5)CC4)nc3c2)cc1)C1CCCC1. The Kier molecular flexibility index (Phi) is 6.15. The van der Waals surface area contributed by atoms with Crippen LogP contribution in [0, 0.1) is 5.92 Å². The zero-order valence-corrected chi connectivity index (χ0v) is 20.2. The van der Waals surface area contributed by atoms with Crippen molar-refractivity contribution in [3.05, 3.63) is 67.3 Å². The summed E-state index contributed by atoms with van der Waals surface area (Å²) in [6.07, 6.45) is 11.4. The summed E-state index contributed by atoms with van der Waals surface area (Å²) >= 11 is 0. The van der Waals surface area contributed by atoms with Gasteiger partial charge in [0.15, 0.2) is 0 Å². The van der Waals surface area contributed by atoms with Gasteiger partial charge in [-0.3, -0.25) is 14.8 Å². The first-order chi connectivity index (χ1) is 17.7. The molecule has 3 heterocycles. The van der Waals surface area contributed by atoms with E-state index in [0.29, 0.717) is 0 Å². The first-order valence-electron chi connectivity index (χ1n) is 12.7. The molecule has 2 fully saturated rings. The molecule has 0 radical (unpaired) electrons. The minimum atomic E-state index is 0.145. The maximum absolute atomic E-state index is 12.4. The van der Waals surface area contributed by atoms with Crippen LogP contribution in [-0.4, -0.2) is 52.0 Å². The number of carbonyl (C=O) groups is 1. The van der Waals surface area contributed by atoms with Crippen molar-refractivity contribution in [3.8, 4) is 11.1 Å². The molecule has 2 aliphatic rings. The average Bonchev–Trinajstić information content (AvgIpc) is 3.49. The minimum Gasteiger partial charge on any atom is -0.352 e. The van der Waals surface area contributed by atoms with Crippen LogP contribution in [0.4, 0.5) is 17.3 Å². The summed E-state index contributed by atoms with van der Waals surface area (Å²) < 4.78 is 0. The first kappa shape index (κ1) is 22.4. The molecule has 8 heteroatoms. The van der Waals surface area contributed by atoms with Crippen molar-refractivity contribution in [1.29, 1.82) is 0 Å². The van der Waals surface area contributed by atoms with Crippen LogP contribution in [0.2, 0.25) is 0 Å². The summed E-state index contributed by atoms with van der Waals surface area (Å²) in [6.45, 7) is 3.43. The van der Waals surface area contributed by atoms with E-state index in [1.54, 1.807) is 12.4 Å². The summed E-state index contributed by atoms with van der Waals surface area (Å²) in [5.74, 6) is 2.11. The van der Waals surface area contributed by atoms with Crippen LogP contribution >= 0.6 is 0 Å². The van der Waals surface area contributed by atoms with Gasteiger partial charge in [-0.15, -0.1) is 0 Å². The highest BCUT2D eigenvalue weighted by Gasteiger charge is 2.23. The number of nitrogens with zero attached hydrogens (tertiary/aromatic N) is 6. The van der Waals surface area contributed by atoms with E-state index in [1.165, 1.54) is 0 Å². The van der Waals surface area contributed by atoms with Gasteiger partial charge in [-0.2, -0.15) is 0 Å². The van der Waals surface area contributed by atoms with Gasteiger partial charge in [0.1, 0.15) is 11.6 Å². The van der Waals surface area contributed by atoms with Crippen LogP contribution < -0.4 is 15.1 Å². The van der Waals surface area contributed by atoms with Crippen molar-refractivity contribution in [2.45, 2.75) is 25.7 Å². The Morgan fingerprint density at radius 2 is 1.50 bits per heavy atom. The summed E-state index contributed by atoms with van der Waals surface area (Å²) in [5, 5.41) is 3.07. The van der Waals surface area contributed by atoms with Gasteiger partial charge < -0.3 is 15.1 Å². The van der Waals surface area contributed by atoms with Crippen molar-refractivity contribution in [1.82, 2.24) is 19.9 Å². The molecule has 1 N–H and O–H groups in total. The molecule has 182 valence electrons. The molecule has 2 aromatic carbocycles. The zero-order valence-electron chi connectivity index (χ0n) is 20.2. The number of rotatable bonds is 5. The molecular weight excluding hydrogens is 450 g/mol. The van der Waals surface area contributed by atoms with E-state index in [4.69, 9.17) is 4.98 Å². The van der Waals surface area contributed by atoms with Crippen LogP contribution in [0.3, 0.4) is 0 Å². The van der Waals surface area contributed by atoms with Gasteiger partial charge in [0.25, 0.3) is 0 Å². The topological polar surface area (TPSA) is 87.1 Å². The van der Waals surface area contributed by atoms with Crippen LogP contribution in [0.25, 0.3) is 22.2 Å². The van der Waals surface area contributed by atoms with E-state index in [1.807, 2.05) is 30.6 Å². The Balaban J connectivity index is 1.15. The lowest BCUT2D eigenvalue weighted by Gasteiger charge is -2.35. The normalized spacial score (nSPS) is 16.4. The highest BCUT2D eigenvalue weighted by molar-refractivity contribution is 5.93. The molecule has 8 nitrogen and oxygen atoms in total. The van der Waals surface area contributed by atoms with Crippen LogP contribution in [-0.2, 0) is 4.79 Å². The lowest BCUT2D eigenvalue weighted by Crippen LogP contribution is -2.47. The molecule has 2 aromatic heterocycles. The number of hydrogen-bond donors (Lipinski definition) is 1. The van der Waals surface area contributed by atoms with Crippen molar-refractivity contribution in [3.63, 3.8) is 0 Å². The summed E-state index contributed by atoms with van der Waals surface area (Å²) in [6, 6.07) is 14.2. The number of anilines is 3. The van der Waals surface area contributed by atoms with E-state index < -0.39 is 0 Å². The first-order valence-corrected chi connectivity index (χ1v) is 12.7. The van der Waals surface area contributed by atoms with Gasteiger partial charge in [0.2, 0.25) is 5.91 Å². The molecular formula is C28H29N7O. The maximum atomic E-state index is 12.4. The molecule has 0 atom stereocenters. The number of fused-ring (bicyclic) bond motifs is 1. The third-order valence-corrected chi connectivity index (χ3v) is 7.22. The lowest BCUT2D eigenvalue weighted by atomic mass is 10.0. The Morgan fingerprint density at radius 1 is 0.778 bits per heavy atom. The van der Waals surface area contributed by atoms with E-state index in [9.17, 15) is 4.79 Å². The van der Waals surface area contributed by atoms with Crippen molar-refractivity contribution < 1.29 is 4.79 Å². The Morgan fingerprint density at radius 3 is 2.22 bits per heavy atom. The van der Waals surface area contributed by atoms with Crippen molar-refractivity contribution >= 4 is 34.3 Å². The quantitative estimate of drug-likeness (QED) is 0.450. The molecule has 1 saturated heterocycles. The molecule has 1 saturated carbocycles. The number of piperazine rings is 1. The van der Waals surface area contributed by atoms with Crippen LogP contribution in [0.5, 0.6) is 0 Å². The van der Waals surface area contributed by atoms with Crippen LogP contribution in [0.1, 0.15) is 25.7 Å². The number of hydrogen-bond acceptors (Lipinski definition) is 7. The molecule has 1 aliphatic carbocycles. The molecule has 36 heavy (non-hydrogen) atoms. The molecule has 0 bridgehead atoms. The Hall–Kier alpha value is -4.07. The molecule has 4 aromatic rings. The highest BCUT2D eigenvalue weighted by Crippen LogP contribution is 2.28. The monoisotopic (exact) mass is 479 g/mol. The standard InChI is InChI=1S/C28H29N7O/c36-28(21-3-1-2-4-21)32-23-8-5-20(6-9-23)22-7-10-24-25(17-22)33-27(19-31-24)35-15-13-34(14-16-35)26-18-29-11-12-30-26/h5-12,17-19,21H,1-4,13-16H2,(H,32,36).